The number of rotatable bonds is 4. The molecule has 2 N–H and O–H groups in total. The molecule has 0 bridgehead atoms. The molecule has 1 aliphatic rings. The van der Waals surface area contributed by atoms with Gasteiger partial charge in [0.2, 0.25) is 0 Å². The third kappa shape index (κ3) is 4.08. The van der Waals surface area contributed by atoms with Crippen molar-refractivity contribution >= 4 is 46.9 Å². The summed E-state index contributed by atoms with van der Waals surface area (Å²) in [6.07, 6.45) is 1.36. The van der Waals surface area contributed by atoms with E-state index in [4.69, 9.17) is 16.6 Å². The summed E-state index contributed by atoms with van der Waals surface area (Å²) in [4.78, 5) is 38.5. The summed E-state index contributed by atoms with van der Waals surface area (Å²) in [7, 11) is 0. The van der Waals surface area contributed by atoms with Crippen LogP contribution >= 0.6 is 12.2 Å². The third-order valence-electron chi connectivity index (χ3n) is 5.44. The Morgan fingerprint density at radius 2 is 1.85 bits per heavy atom. The maximum Gasteiger partial charge on any atom is 0.335 e. The molecule has 3 aromatic rings. The van der Waals surface area contributed by atoms with E-state index in [1.807, 2.05) is 26.0 Å². The SMILES string of the molecule is Cc1ccc(N2C(=O)/C(=C/c3ccc(-c4cccc(C(=O)O)c4C)o3)C(=O)NC2=S)c(C)c1. The summed E-state index contributed by atoms with van der Waals surface area (Å²) in [5, 5.41) is 11.9. The largest absolute Gasteiger partial charge is 0.478 e. The number of carbonyl (C=O) groups excluding carboxylic acids is 2. The Balaban J connectivity index is 1.71. The molecule has 33 heavy (non-hydrogen) atoms. The number of anilines is 1. The van der Waals surface area contributed by atoms with Gasteiger partial charge in [0.15, 0.2) is 5.11 Å². The fourth-order valence-electron chi connectivity index (χ4n) is 3.78. The molecule has 1 saturated heterocycles. The fourth-order valence-corrected chi connectivity index (χ4v) is 4.06. The predicted molar refractivity (Wildman–Crippen MR) is 128 cm³/mol. The lowest BCUT2D eigenvalue weighted by molar-refractivity contribution is -0.122. The Morgan fingerprint density at radius 3 is 2.55 bits per heavy atom. The van der Waals surface area contributed by atoms with Crippen LogP contribution in [0.5, 0.6) is 0 Å². The topological polar surface area (TPSA) is 99.8 Å². The molecule has 2 heterocycles. The molecule has 0 atom stereocenters. The quantitative estimate of drug-likeness (QED) is 0.340. The maximum absolute atomic E-state index is 13.2. The van der Waals surface area contributed by atoms with Gasteiger partial charge in [-0.25, -0.2) is 4.79 Å². The van der Waals surface area contributed by atoms with Crippen LogP contribution in [-0.2, 0) is 9.59 Å². The lowest BCUT2D eigenvalue weighted by Gasteiger charge is -2.30. The molecular weight excluding hydrogens is 440 g/mol. The van der Waals surface area contributed by atoms with Gasteiger partial charge in [-0.1, -0.05) is 29.8 Å². The lowest BCUT2D eigenvalue weighted by atomic mass is 10.0. The van der Waals surface area contributed by atoms with Crippen LogP contribution in [0.15, 0.2) is 58.5 Å². The van der Waals surface area contributed by atoms with Crippen molar-refractivity contribution in [3.05, 3.63) is 82.1 Å². The van der Waals surface area contributed by atoms with Crippen LogP contribution in [0.2, 0.25) is 0 Å². The first kappa shape index (κ1) is 22.2. The Labute approximate surface area is 195 Å². The average Bonchev–Trinajstić information content (AvgIpc) is 3.21. The molecule has 0 aliphatic carbocycles. The van der Waals surface area contributed by atoms with Crippen LogP contribution in [0.4, 0.5) is 5.69 Å². The second-order valence-corrected chi connectivity index (χ2v) is 8.12. The van der Waals surface area contributed by atoms with Gasteiger partial charge in [0.1, 0.15) is 17.1 Å². The van der Waals surface area contributed by atoms with Crippen LogP contribution in [0.25, 0.3) is 17.4 Å². The van der Waals surface area contributed by atoms with E-state index in [0.717, 1.165) is 11.1 Å². The van der Waals surface area contributed by atoms with Crippen LogP contribution < -0.4 is 10.2 Å². The van der Waals surface area contributed by atoms with Crippen LogP contribution in [0.1, 0.15) is 32.8 Å². The number of carboxylic acids is 1. The number of aromatic carboxylic acids is 1. The molecule has 0 saturated carbocycles. The normalized spacial score (nSPS) is 15.2. The molecule has 166 valence electrons. The smallest absolute Gasteiger partial charge is 0.335 e. The van der Waals surface area contributed by atoms with E-state index in [2.05, 4.69) is 5.32 Å². The molecule has 0 spiro atoms. The van der Waals surface area contributed by atoms with Gasteiger partial charge in [-0.2, -0.15) is 0 Å². The summed E-state index contributed by atoms with van der Waals surface area (Å²) in [5.41, 5.74) is 3.67. The monoisotopic (exact) mass is 460 g/mol. The maximum atomic E-state index is 13.2. The number of furan rings is 1. The minimum absolute atomic E-state index is 0.00958. The highest BCUT2D eigenvalue weighted by molar-refractivity contribution is 7.80. The molecule has 1 aliphatic heterocycles. The fraction of sp³-hybridized carbons (Fsp3) is 0.120. The zero-order valence-electron chi connectivity index (χ0n) is 18.1. The Kier molecular flexibility index (Phi) is 5.69. The van der Waals surface area contributed by atoms with Crippen molar-refractivity contribution in [1.82, 2.24) is 5.32 Å². The number of carboxylic acid groups (broad SMARTS) is 1. The standard InChI is InChI=1S/C25H20N2O5S/c1-13-7-9-20(14(2)11-13)27-23(29)19(22(28)26-25(27)33)12-16-8-10-21(32-16)17-5-4-6-18(15(17)3)24(30)31/h4-12H,1-3H3,(H,30,31)(H,26,28,33)/b19-12+. The van der Waals surface area contributed by atoms with Gasteiger partial charge in [-0.15, -0.1) is 0 Å². The number of benzene rings is 2. The van der Waals surface area contributed by atoms with E-state index in [-0.39, 0.29) is 22.0 Å². The van der Waals surface area contributed by atoms with Crippen molar-refractivity contribution in [3.63, 3.8) is 0 Å². The molecular formula is C25H20N2O5S. The van der Waals surface area contributed by atoms with Crippen molar-refractivity contribution in [1.29, 1.82) is 0 Å². The molecule has 1 aromatic heterocycles. The molecule has 0 unspecified atom stereocenters. The van der Waals surface area contributed by atoms with Crippen molar-refractivity contribution in [2.45, 2.75) is 20.8 Å². The molecule has 7 nitrogen and oxygen atoms in total. The average molecular weight is 461 g/mol. The lowest BCUT2D eigenvalue weighted by Crippen LogP contribution is -2.54. The second kappa shape index (κ2) is 8.48. The van der Waals surface area contributed by atoms with Gasteiger partial charge >= 0.3 is 5.97 Å². The Hall–Kier alpha value is -4.04. The van der Waals surface area contributed by atoms with Gasteiger partial charge in [0.25, 0.3) is 11.8 Å². The summed E-state index contributed by atoms with van der Waals surface area (Å²) in [5.74, 6) is -1.51. The first-order valence-electron chi connectivity index (χ1n) is 10.1. The summed E-state index contributed by atoms with van der Waals surface area (Å²) in [6.45, 7) is 5.51. The van der Waals surface area contributed by atoms with Gasteiger partial charge in [-0.05, 0) is 74.5 Å². The summed E-state index contributed by atoms with van der Waals surface area (Å²) in [6, 6.07) is 13.8. The molecule has 1 fully saturated rings. The first-order valence-corrected chi connectivity index (χ1v) is 10.5. The van der Waals surface area contributed by atoms with Crippen LogP contribution in [0.3, 0.4) is 0 Å². The second-order valence-electron chi connectivity index (χ2n) is 7.73. The molecule has 2 aromatic carbocycles. The van der Waals surface area contributed by atoms with E-state index >= 15 is 0 Å². The van der Waals surface area contributed by atoms with E-state index in [1.54, 1.807) is 37.3 Å². The first-order chi connectivity index (χ1) is 15.7. The molecule has 2 amide bonds. The van der Waals surface area contributed by atoms with Gasteiger partial charge in [-0.3, -0.25) is 19.8 Å². The van der Waals surface area contributed by atoms with E-state index < -0.39 is 17.8 Å². The Morgan fingerprint density at radius 1 is 1.09 bits per heavy atom. The van der Waals surface area contributed by atoms with Gasteiger partial charge in [0.05, 0.1) is 11.3 Å². The minimum Gasteiger partial charge on any atom is -0.478 e. The third-order valence-corrected chi connectivity index (χ3v) is 5.72. The number of aryl methyl sites for hydroxylation is 2. The van der Waals surface area contributed by atoms with Crippen molar-refractivity contribution in [2.75, 3.05) is 4.90 Å². The highest BCUT2D eigenvalue weighted by Gasteiger charge is 2.35. The highest BCUT2D eigenvalue weighted by atomic mass is 32.1. The number of nitrogens with zero attached hydrogens (tertiary/aromatic N) is 1. The highest BCUT2D eigenvalue weighted by Crippen LogP contribution is 2.30. The number of hydrogen-bond acceptors (Lipinski definition) is 5. The van der Waals surface area contributed by atoms with Crippen molar-refractivity contribution in [3.8, 4) is 11.3 Å². The molecule has 0 radical (unpaired) electrons. The van der Waals surface area contributed by atoms with E-state index in [0.29, 0.717) is 22.6 Å². The minimum atomic E-state index is -1.03. The zero-order chi connectivity index (χ0) is 23.9. The van der Waals surface area contributed by atoms with E-state index in [1.165, 1.54) is 17.0 Å². The summed E-state index contributed by atoms with van der Waals surface area (Å²) >= 11 is 5.26. The van der Waals surface area contributed by atoms with Crippen molar-refractivity contribution < 1.29 is 23.9 Å². The van der Waals surface area contributed by atoms with Gasteiger partial charge < -0.3 is 9.52 Å². The van der Waals surface area contributed by atoms with Crippen LogP contribution in [0, 0.1) is 20.8 Å². The predicted octanol–water partition coefficient (Wildman–Crippen LogP) is 4.40. The zero-order valence-corrected chi connectivity index (χ0v) is 18.9. The van der Waals surface area contributed by atoms with Crippen LogP contribution in [-0.4, -0.2) is 28.0 Å². The molecule has 4 rings (SSSR count). The number of nitrogens with one attached hydrogen (secondary N) is 1. The number of thiocarbonyl (C=S) groups is 1. The number of carbonyl (C=O) groups is 3. The van der Waals surface area contributed by atoms with Gasteiger partial charge in [0, 0.05) is 5.56 Å². The summed E-state index contributed by atoms with van der Waals surface area (Å²) < 4.78 is 5.84. The van der Waals surface area contributed by atoms with Crippen molar-refractivity contribution in [2.24, 2.45) is 0 Å². The van der Waals surface area contributed by atoms with E-state index in [9.17, 15) is 19.5 Å². The molecule has 8 heteroatoms. The Bertz CT molecular complexity index is 1370. The number of amides is 2. The number of hydrogen-bond donors (Lipinski definition) is 2.